The molecule has 2 rings (SSSR count). The highest BCUT2D eigenvalue weighted by atomic mass is 35.5. The number of anilines is 2. The van der Waals surface area contributed by atoms with Gasteiger partial charge < -0.3 is 11.1 Å². The standard InChI is InChI=1S/C12H17Cl2N3S/c1-18-10-5-3-2-4-9(10)16-12-8(14)6-7(13)11(15)17-12/h6,9-10H,2-5H2,1H3,(H3,15,16,17). The Labute approximate surface area is 122 Å². The van der Waals surface area contributed by atoms with E-state index >= 15 is 0 Å². The van der Waals surface area contributed by atoms with E-state index in [4.69, 9.17) is 28.9 Å². The molecule has 2 unspecified atom stereocenters. The summed E-state index contributed by atoms with van der Waals surface area (Å²) in [6, 6.07) is 2.05. The number of thioether (sulfide) groups is 1. The van der Waals surface area contributed by atoms with Crippen LogP contribution in [-0.2, 0) is 0 Å². The van der Waals surface area contributed by atoms with Gasteiger partial charge in [-0.1, -0.05) is 36.0 Å². The minimum atomic E-state index is 0.320. The number of nitrogen functional groups attached to an aromatic ring is 1. The van der Waals surface area contributed by atoms with Crippen LogP contribution in [-0.4, -0.2) is 22.5 Å². The predicted octanol–water partition coefficient (Wildman–Crippen LogP) is 4.06. The molecule has 6 heteroatoms. The maximum absolute atomic E-state index is 6.14. The molecule has 3 nitrogen and oxygen atoms in total. The van der Waals surface area contributed by atoms with E-state index in [1.807, 2.05) is 11.8 Å². The Balaban J connectivity index is 2.15. The van der Waals surface area contributed by atoms with Gasteiger partial charge in [-0.05, 0) is 25.2 Å². The Morgan fingerprint density at radius 1 is 1.33 bits per heavy atom. The van der Waals surface area contributed by atoms with Gasteiger partial charge in [0, 0.05) is 11.3 Å². The molecule has 18 heavy (non-hydrogen) atoms. The average Bonchev–Trinajstić information content (AvgIpc) is 2.36. The highest BCUT2D eigenvalue weighted by Gasteiger charge is 2.25. The zero-order valence-corrected chi connectivity index (χ0v) is 12.6. The van der Waals surface area contributed by atoms with Crippen LogP contribution in [0.2, 0.25) is 10.0 Å². The van der Waals surface area contributed by atoms with Crippen LogP contribution in [0.1, 0.15) is 25.7 Å². The number of nitrogens with two attached hydrogens (primary N) is 1. The topological polar surface area (TPSA) is 50.9 Å². The maximum Gasteiger partial charge on any atom is 0.147 e. The van der Waals surface area contributed by atoms with E-state index < -0.39 is 0 Å². The Hall–Kier alpha value is -0.320. The molecule has 1 fully saturated rings. The van der Waals surface area contributed by atoms with E-state index in [2.05, 4.69) is 16.6 Å². The van der Waals surface area contributed by atoms with Gasteiger partial charge in [0.25, 0.3) is 0 Å². The first kappa shape index (κ1) is 14.1. The molecule has 1 aromatic rings. The Bertz CT molecular complexity index is 428. The molecule has 0 bridgehead atoms. The molecule has 0 amide bonds. The Morgan fingerprint density at radius 2 is 2.06 bits per heavy atom. The van der Waals surface area contributed by atoms with Crippen LogP contribution >= 0.6 is 35.0 Å². The summed E-state index contributed by atoms with van der Waals surface area (Å²) in [5.74, 6) is 0.963. The van der Waals surface area contributed by atoms with Gasteiger partial charge in [-0.15, -0.1) is 0 Å². The third-order valence-electron chi connectivity index (χ3n) is 3.28. The van der Waals surface area contributed by atoms with Gasteiger partial charge >= 0.3 is 0 Å². The molecule has 1 heterocycles. The van der Waals surface area contributed by atoms with Crippen molar-refractivity contribution in [1.29, 1.82) is 0 Å². The fourth-order valence-electron chi connectivity index (χ4n) is 2.30. The summed E-state index contributed by atoms with van der Waals surface area (Å²) in [6.45, 7) is 0. The van der Waals surface area contributed by atoms with Gasteiger partial charge in [-0.2, -0.15) is 11.8 Å². The first-order chi connectivity index (χ1) is 8.61. The van der Waals surface area contributed by atoms with Crippen molar-refractivity contribution < 1.29 is 0 Å². The summed E-state index contributed by atoms with van der Waals surface area (Å²) in [6.07, 6.45) is 7.07. The lowest BCUT2D eigenvalue weighted by Gasteiger charge is -2.31. The number of nitrogens with zero attached hydrogens (tertiary/aromatic N) is 1. The Morgan fingerprint density at radius 3 is 2.78 bits per heavy atom. The summed E-state index contributed by atoms with van der Waals surface area (Å²) in [5, 5.41) is 4.95. The molecule has 0 radical (unpaired) electrons. The average molecular weight is 306 g/mol. The van der Waals surface area contributed by atoms with E-state index in [1.165, 1.54) is 19.3 Å². The summed E-state index contributed by atoms with van der Waals surface area (Å²) in [4.78, 5) is 4.23. The van der Waals surface area contributed by atoms with Gasteiger partial charge in [0.15, 0.2) is 0 Å². The molecule has 0 aliphatic heterocycles. The summed E-state index contributed by atoms with van der Waals surface area (Å²) >= 11 is 13.9. The summed E-state index contributed by atoms with van der Waals surface area (Å²) in [7, 11) is 0. The number of halogens is 2. The smallest absolute Gasteiger partial charge is 0.147 e. The quantitative estimate of drug-likeness (QED) is 0.884. The van der Waals surface area contributed by atoms with E-state index in [1.54, 1.807) is 6.07 Å². The van der Waals surface area contributed by atoms with Crippen molar-refractivity contribution in [3.63, 3.8) is 0 Å². The fraction of sp³-hybridized carbons (Fsp3) is 0.583. The molecule has 2 atom stereocenters. The second kappa shape index (κ2) is 6.22. The normalized spacial score (nSPS) is 23.9. The van der Waals surface area contributed by atoms with E-state index in [0.29, 0.717) is 33.0 Å². The second-order valence-corrected chi connectivity index (χ2v) is 6.39. The monoisotopic (exact) mass is 305 g/mol. The van der Waals surface area contributed by atoms with Crippen molar-refractivity contribution in [1.82, 2.24) is 4.98 Å². The largest absolute Gasteiger partial charge is 0.382 e. The molecule has 0 aromatic carbocycles. The summed E-state index contributed by atoms with van der Waals surface area (Å²) < 4.78 is 0. The lowest BCUT2D eigenvalue weighted by molar-refractivity contribution is 0.474. The van der Waals surface area contributed by atoms with Crippen LogP contribution in [0.25, 0.3) is 0 Å². The van der Waals surface area contributed by atoms with Crippen LogP contribution < -0.4 is 11.1 Å². The van der Waals surface area contributed by atoms with Gasteiger partial charge in [-0.3, -0.25) is 0 Å². The van der Waals surface area contributed by atoms with Crippen LogP contribution in [0.15, 0.2) is 6.07 Å². The van der Waals surface area contributed by atoms with Crippen molar-refractivity contribution in [2.45, 2.75) is 37.0 Å². The maximum atomic E-state index is 6.14. The molecule has 0 spiro atoms. The van der Waals surface area contributed by atoms with Crippen molar-refractivity contribution in [2.75, 3.05) is 17.3 Å². The predicted molar refractivity (Wildman–Crippen MR) is 81.9 cm³/mol. The zero-order valence-electron chi connectivity index (χ0n) is 10.2. The number of pyridine rings is 1. The first-order valence-electron chi connectivity index (χ1n) is 6.02. The molecular formula is C12H17Cl2N3S. The fourth-order valence-corrected chi connectivity index (χ4v) is 3.65. The molecular weight excluding hydrogens is 289 g/mol. The molecule has 1 aliphatic rings. The minimum absolute atomic E-state index is 0.320. The number of hydrogen-bond donors (Lipinski definition) is 2. The van der Waals surface area contributed by atoms with Crippen molar-refractivity contribution in [2.24, 2.45) is 0 Å². The number of aromatic nitrogens is 1. The highest BCUT2D eigenvalue weighted by Crippen LogP contribution is 2.32. The van der Waals surface area contributed by atoms with Crippen molar-refractivity contribution in [3.8, 4) is 0 Å². The number of rotatable bonds is 3. The Kier molecular flexibility index (Phi) is 4.87. The van der Waals surface area contributed by atoms with E-state index in [9.17, 15) is 0 Å². The molecule has 0 saturated heterocycles. The van der Waals surface area contributed by atoms with Gasteiger partial charge in [-0.25, -0.2) is 4.98 Å². The van der Waals surface area contributed by atoms with Crippen LogP contribution in [0.3, 0.4) is 0 Å². The minimum Gasteiger partial charge on any atom is -0.382 e. The van der Waals surface area contributed by atoms with Crippen molar-refractivity contribution >= 4 is 46.6 Å². The SMILES string of the molecule is CSC1CCCCC1Nc1nc(N)c(Cl)cc1Cl. The van der Waals surface area contributed by atoms with Crippen LogP contribution in [0, 0.1) is 0 Å². The lowest BCUT2D eigenvalue weighted by atomic mass is 9.95. The highest BCUT2D eigenvalue weighted by molar-refractivity contribution is 7.99. The van der Waals surface area contributed by atoms with E-state index in [0.717, 1.165) is 6.42 Å². The second-order valence-electron chi connectivity index (χ2n) is 4.50. The van der Waals surface area contributed by atoms with Gasteiger partial charge in [0.1, 0.15) is 11.6 Å². The first-order valence-corrected chi connectivity index (χ1v) is 8.07. The van der Waals surface area contributed by atoms with Gasteiger partial charge in [0.2, 0.25) is 0 Å². The molecule has 1 saturated carbocycles. The molecule has 3 N–H and O–H groups in total. The number of hydrogen-bond acceptors (Lipinski definition) is 4. The summed E-state index contributed by atoms with van der Waals surface area (Å²) in [5.41, 5.74) is 5.71. The van der Waals surface area contributed by atoms with Gasteiger partial charge in [0.05, 0.1) is 10.0 Å². The molecule has 100 valence electrons. The van der Waals surface area contributed by atoms with E-state index in [-0.39, 0.29) is 0 Å². The van der Waals surface area contributed by atoms with Crippen LogP contribution in [0.5, 0.6) is 0 Å². The van der Waals surface area contributed by atoms with Crippen molar-refractivity contribution in [3.05, 3.63) is 16.1 Å². The lowest BCUT2D eigenvalue weighted by Crippen LogP contribution is -2.34. The molecule has 1 aliphatic carbocycles. The number of nitrogens with one attached hydrogen (secondary N) is 1. The van der Waals surface area contributed by atoms with Crippen LogP contribution in [0.4, 0.5) is 11.6 Å². The third kappa shape index (κ3) is 3.16. The third-order valence-corrected chi connectivity index (χ3v) is 5.04. The molecule has 1 aromatic heterocycles. The zero-order chi connectivity index (χ0) is 13.1.